The molecule has 0 N–H and O–H groups in total. The van der Waals surface area contributed by atoms with Crippen molar-refractivity contribution in [3.05, 3.63) is 107 Å². The second-order valence-corrected chi connectivity index (χ2v) is 12.9. The third kappa shape index (κ3) is 2.88. The van der Waals surface area contributed by atoms with Crippen molar-refractivity contribution >= 4 is 9.84 Å². The first-order valence-electron chi connectivity index (χ1n) is 12.9. The molecule has 0 spiro atoms. The van der Waals surface area contributed by atoms with Crippen LogP contribution in [-0.4, -0.2) is 37.7 Å². The maximum absolute atomic E-state index is 14.2. The molecule has 2 heterocycles. The smallest absolute Gasteiger partial charge is 0.163 e. The molecular formula is C30H31NO2S. The number of hydrogen-bond donors (Lipinski definition) is 0. The van der Waals surface area contributed by atoms with Gasteiger partial charge in [0.1, 0.15) is 5.25 Å². The van der Waals surface area contributed by atoms with Crippen molar-refractivity contribution in [1.82, 2.24) is 4.90 Å². The Morgan fingerprint density at radius 1 is 0.676 bits per heavy atom. The van der Waals surface area contributed by atoms with Gasteiger partial charge in [-0.25, -0.2) is 8.42 Å². The molecule has 174 valence electrons. The minimum Gasteiger partial charge on any atom is -0.297 e. The van der Waals surface area contributed by atoms with E-state index < -0.39 is 15.1 Å². The number of rotatable bonds is 3. The van der Waals surface area contributed by atoms with Gasteiger partial charge in [0.05, 0.1) is 5.25 Å². The molecule has 3 aromatic rings. The third-order valence-electron chi connectivity index (χ3n) is 9.09. The molecule has 0 aromatic heterocycles. The van der Waals surface area contributed by atoms with Gasteiger partial charge in [0.25, 0.3) is 0 Å². The SMILES string of the molecule is O=S1(=O)[C@@H]([C@@H]2CC3c4ccccc4C2c2ccccc23)[C@H](N2CCCCC2)[C@@H]1c1ccccc1. The van der Waals surface area contributed by atoms with Gasteiger partial charge in [0.15, 0.2) is 9.84 Å². The Bertz CT molecular complexity index is 1280. The number of piperidine rings is 1. The molecule has 3 nitrogen and oxygen atoms in total. The Kier molecular flexibility index (Phi) is 4.79. The van der Waals surface area contributed by atoms with E-state index in [0.717, 1.165) is 25.1 Å². The Balaban J connectivity index is 1.36. The first-order chi connectivity index (χ1) is 16.7. The highest BCUT2D eigenvalue weighted by atomic mass is 32.2. The number of benzene rings is 3. The molecule has 0 saturated carbocycles. The zero-order valence-corrected chi connectivity index (χ0v) is 20.2. The number of likely N-dealkylation sites (tertiary alicyclic amines) is 1. The van der Waals surface area contributed by atoms with E-state index in [1.54, 1.807) is 0 Å². The predicted octanol–water partition coefficient (Wildman–Crippen LogP) is 5.68. The first kappa shape index (κ1) is 20.9. The van der Waals surface area contributed by atoms with E-state index >= 15 is 0 Å². The van der Waals surface area contributed by atoms with E-state index in [9.17, 15) is 8.42 Å². The van der Waals surface area contributed by atoms with Gasteiger partial charge in [0, 0.05) is 17.9 Å². The lowest BCUT2D eigenvalue weighted by Gasteiger charge is -2.57. The van der Waals surface area contributed by atoms with Crippen LogP contribution >= 0.6 is 0 Å². The van der Waals surface area contributed by atoms with Crippen molar-refractivity contribution in [2.45, 2.75) is 54.1 Å². The molecule has 0 unspecified atom stereocenters. The number of nitrogens with zero attached hydrogens (tertiary/aromatic N) is 1. The van der Waals surface area contributed by atoms with Crippen molar-refractivity contribution in [3.63, 3.8) is 0 Å². The molecule has 0 amide bonds. The second-order valence-electron chi connectivity index (χ2n) is 10.7. The molecule has 4 atom stereocenters. The van der Waals surface area contributed by atoms with Gasteiger partial charge in [-0.3, -0.25) is 4.90 Å². The van der Waals surface area contributed by atoms with Crippen LogP contribution in [0.3, 0.4) is 0 Å². The van der Waals surface area contributed by atoms with Crippen LogP contribution in [0.1, 0.15) is 70.6 Å². The van der Waals surface area contributed by atoms with Crippen molar-refractivity contribution in [3.8, 4) is 0 Å². The quantitative estimate of drug-likeness (QED) is 0.496. The molecule has 4 heteroatoms. The number of sulfone groups is 1. The molecule has 2 fully saturated rings. The Labute approximate surface area is 202 Å². The molecule has 5 aliphatic rings. The number of fused-ring (bicyclic) bond motifs is 1. The topological polar surface area (TPSA) is 37.4 Å². The second kappa shape index (κ2) is 7.79. The average molecular weight is 470 g/mol. The Morgan fingerprint density at radius 2 is 1.24 bits per heavy atom. The van der Waals surface area contributed by atoms with Crippen molar-refractivity contribution in [2.75, 3.05) is 13.1 Å². The lowest BCUT2D eigenvalue weighted by Crippen LogP contribution is -2.66. The minimum atomic E-state index is -3.28. The van der Waals surface area contributed by atoms with E-state index in [2.05, 4.69) is 53.4 Å². The van der Waals surface area contributed by atoms with Crippen molar-refractivity contribution in [1.29, 1.82) is 0 Å². The third-order valence-corrected chi connectivity index (χ3v) is 11.7. The molecule has 2 bridgehead atoms. The summed E-state index contributed by atoms with van der Waals surface area (Å²) in [5, 5.41) is -0.701. The highest BCUT2D eigenvalue weighted by Crippen LogP contribution is 2.61. The highest BCUT2D eigenvalue weighted by Gasteiger charge is 2.64. The lowest BCUT2D eigenvalue weighted by atomic mass is 9.57. The van der Waals surface area contributed by atoms with E-state index in [4.69, 9.17) is 0 Å². The summed E-state index contributed by atoms with van der Waals surface area (Å²) in [6, 6.07) is 27.7. The Hall–Kier alpha value is -2.43. The van der Waals surface area contributed by atoms with Crippen LogP contribution in [0.5, 0.6) is 0 Å². The summed E-state index contributed by atoms with van der Waals surface area (Å²) < 4.78 is 28.4. The van der Waals surface area contributed by atoms with Gasteiger partial charge in [-0.05, 0) is 66.1 Å². The summed E-state index contributed by atoms with van der Waals surface area (Å²) in [4.78, 5) is 2.53. The zero-order valence-electron chi connectivity index (χ0n) is 19.4. The fraction of sp³-hybridized carbons (Fsp3) is 0.400. The largest absolute Gasteiger partial charge is 0.297 e. The zero-order chi connectivity index (χ0) is 22.9. The van der Waals surface area contributed by atoms with Crippen LogP contribution in [0.15, 0.2) is 78.9 Å². The highest BCUT2D eigenvalue weighted by molar-refractivity contribution is 7.93. The molecule has 0 radical (unpaired) electrons. The van der Waals surface area contributed by atoms with Crippen LogP contribution in [0.25, 0.3) is 0 Å². The summed E-state index contributed by atoms with van der Waals surface area (Å²) >= 11 is 0. The standard InChI is InChI=1S/C30H31NO2S/c32-34(33)29(20-11-3-1-4-12-20)28(31-17-9-2-10-18-31)30(34)26-19-25-21-13-5-7-15-23(21)27(26)24-16-8-6-14-22(24)25/h1,3-8,11-16,25-30H,2,9-10,17-19H2/t25?,26-,27?,28-,29+,30+/m1/s1. The maximum Gasteiger partial charge on any atom is 0.163 e. The van der Waals surface area contributed by atoms with Crippen LogP contribution in [0.4, 0.5) is 0 Å². The first-order valence-corrected chi connectivity index (χ1v) is 14.5. The summed E-state index contributed by atoms with van der Waals surface area (Å²) in [5.41, 5.74) is 6.51. The molecular weight excluding hydrogens is 438 g/mol. The molecule has 34 heavy (non-hydrogen) atoms. The monoisotopic (exact) mass is 469 g/mol. The molecule has 3 aliphatic carbocycles. The lowest BCUT2D eigenvalue weighted by molar-refractivity contribution is 0.109. The summed E-state index contributed by atoms with van der Waals surface area (Å²) in [5.74, 6) is 0.600. The van der Waals surface area contributed by atoms with Gasteiger partial charge in [0.2, 0.25) is 0 Å². The van der Waals surface area contributed by atoms with Gasteiger partial charge in [-0.2, -0.15) is 0 Å². The van der Waals surface area contributed by atoms with Crippen molar-refractivity contribution < 1.29 is 8.42 Å². The maximum atomic E-state index is 14.2. The number of hydrogen-bond acceptors (Lipinski definition) is 3. The van der Waals surface area contributed by atoms with E-state index in [1.807, 2.05) is 30.3 Å². The minimum absolute atomic E-state index is 0.0800. The van der Waals surface area contributed by atoms with E-state index in [-0.39, 0.29) is 23.1 Å². The van der Waals surface area contributed by atoms with Crippen LogP contribution in [0, 0.1) is 5.92 Å². The molecule has 2 aliphatic heterocycles. The summed E-state index contributed by atoms with van der Waals surface area (Å²) in [6.07, 6.45) is 4.54. The average Bonchev–Trinajstić information content (AvgIpc) is 2.89. The Morgan fingerprint density at radius 3 is 1.85 bits per heavy atom. The van der Waals surface area contributed by atoms with E-state index in [0.29, 0.717) is 5.92 Å². The molecule has 3 aromatic carbocycles. The van der Waals surface area contributed by atoms with Crippen molar-refractivity contribution in [2.24, 2.45) is 5.92 Å². The van der Waals surface area contributed by atoms with Gasteiger partial charge in [-0.1, -0.05) is 85.3 Å². The predicted molar refractivity (Wildman–Crippen MR) is 136 cm³/mol. The molecule has 8 rings (SSSR count). The van der Waals surface area contributed by atoms with Gasteiger partial charge in [-0.15, -0.1) is 0 Å². The van der Waals surface area contributed by atoms with Gasteiger partial charge >= 0.3 is 0 Å². The van der Waals surface area contributed by atoms with Crippen LogP contribution in [0.2, 0.25) is 0 Å². The summed E-state index contributed by atoms with van der Waals surface area (Å²) in [7, 11) is -3.28. The fourth-order valence-corrected chi connectivity index (χ4v) is 10.6. The van der Waals surface area contributed by atoms with Crippen LogP contribution < -0.4 is 0 Å². The van der Waals surface area contributed by atoms with E-state index in [1.165, 1.54) is 41.5 Å². The fourth-order valence-electron chi connectivity index (χ4n) is 7.79. The van der Waals surface area contributed by atoms with Gasteiger partial charge < -0.3 is 0 Å². The summed E-state index contributed by atoms with van der Waals surface area (Å²) in [6.45, 7) is 2.04. The normalized spacial score (nSPS) is 33.5. The molecule has 2 saturated heterocycles. The van der Waals surface area contributed by atoms with Crippen LogP contribution in [-0.2, 0) is 9.84 Å².